The Kier molecular flexibility index (Phi) is 9.23. The Morgan fingerprint density at radius 1 is 1.10 bits per heavy atom. The first-order valence-corrected chi connectivity index (χ1v) is 17.1. The second-order valence-corrected chi connectivity index (χ2v) is 13.5. The fourth-order valence-electron chi connectivity index (χ4n) is 8.16. The van der Waals surface area contributed by atoms with Crippen molar-refractivity contribution in [3.05, 3.63) is 127 Å². The molecule has 0 aromatic heterocycles. The number of amides is 2. The molecule has 5 atom stereocenters. The predicted octanol–water partition coefficient (Wildman–Crippen LogP) is 6.95. The molecule has 2 fully saturated rings. The van der Waals surface area contributed by atoms with E-state index >= 15 is 9.18 Å². The number of carbonyl (C=O) groups is 2. The minimum atomic E-state index is -1.63. The van der Waals surface area contributed by atoms with Gasteiger partial charge in [-0.2, -0.15) is 0 Å². The Balaban J connectivity index is 1.45. The van der Waals surface area contributed by atoms with Gasteiger partial charge < -0.3 is 24.8 Å². The molecule has 0 aliphatic carbocycles. The molecule has 11 nitrogen and oxygen atoms in total. The molecule has 4 aromatic carbocycles. The van der Waals surface area contributed by atoms with E-state index in [0.29, 0.717) is 28.6 Å². The van der Waals surface area contributed by atoms with Crippen LogP contribution in [0.3, 0.4) is 0 Å². The SMILES string of the molecule is CCOc1cccc(CN2[C@H]3CCN(c4ccc(C(O)OC)cc4[N+](=O)[O-])C(=O)[C@H]3[C@H](c3cccc(Cl)c3F)[C@]23C(=O)Nc2cc(Cl)ccc23)c1. The molecule has 2 saturated heterocycles. The molecule has 2 N–H and O–H groups in total. The number of likely N-dealkylation sites (tertiary alicyclic amines) is 1. The summed E-state index contributed by atoms with van der Waals surface area (Å²) in [6, 6.07) is 20.3. The van der Waals surface area contributed by atoms with Crippen molar-refractivity contribution in [2.75, 3.05) is 30.5 Å². The minimum Gasteiger partial charge on any atom is -0.494 e. The number of ether oxygens (including phenoxy) is 2. The number of rotatable bonds is 9. The van der Waals surface area contributed by atoms with Crippen LogP contribution >= 0.6 is 23.2 Å². The van der Waals surface area contributed by atoms with Crippen LogP contribution in [0.4, 0.5) is 21.5 Å². The Morgan fingerprint density at radius 3 is 2.63 bits per heavy atom. The number of fused-ring (bicyclic) bond motifs is 3. The van der Waals surface area contributed by atoms with Gasteiger partial charge in [-0.25, -0.2) is 4.39 Å². The number of nitrogens with zero attached hydrogens (tertiary/aromatic N) is 3. The van der Waals surface area contributed by atoms with Crippen LogP contribution in [0.5, 0.6) is 5.75 Å². The largest absolute Gasteiger partial charge is 0.494 e. The molecule has 3 heterocycles. The first-order valence-electron chi connectivity index (χ1n) is 16.4. The van der Waals surface area contributed by atoms with E-state index in [2.05, 4.69) is 5.32 Å². The number of nitrogens with one attached hydrogen (secondary N) is 1. The highest BCUT2D eigenvalue weighted by atomic mass is 35.5. The van der Waals surface area contributed by atoms with E-state index in [9.17, 15) is 20.0 Å². The molecule has 4 aromatic rings. The smallest absolute Gasteiger partial charge is 0.293 e. The zero-order chi connectivity index (χ0) is 36.2. The lowest BCUT2D eigenvalue weighted by Gasteiger charge is -2.40. The van der Waals surface area contributed by atoms with Gasteiger partial charge in [0.05, 0.1) is 22.5 Å². The maximum Gasteiger partial charge on any atom is 0.293 e. The molecule has 14 heteroatoms. The number of aliphatic hydroxyl groups excluding tert-OH is 1. The fourth-order valence-corrected chi connectivity index (χ4v) is 8.51. The third kappa shape index (κ3) is 5.62. The first kappa shape index (κ1) is 34.8. The Labute approximate surface area is 302 Å². The highest BCUT2D eigenvalue weighted by Crippen LogP contribution is 2.62. The van der Waals surface area contributed by atoms with Crippen molar-refractivity contribution >= 4 is 52.1 Å². The number of hydrogen-bond acceptors (Lipinski definition) is 8. The monoisotopic (exact) mass is 734 g/mol. The van der Waals surface area contributed by atoms with Gasteiger partial charge in [0.15, 0.2) is 6.29 Å². The van der Waals surface area contributed by atoms with Crippen LogP contribution in [0, 0.1) is 21.8 Å². The highest BCUT2D eigenvalue weighted by molar-refractivity contribution is 6.31. The van der Waals surface area contributed by atoms with Crippen LogP contribution in [-0.4, -0.2) is 53.0 Å². The minimum absolute atomic E-state index is 0.000732. The number of halogens is 3. The third-order valence-corrected chi connectivity index (χ3v) is 10.7. The van der Waals surface area contributed by atoms with Gasteiger partial charge in [0.1, 0.15) is 22.8 Å². The lowest BCUT2D eigenvalue weighted by atomic mass is 9.70. The molecular weight excluding hydrogens is 702 g/mol. The van der Waals surface area contributed by atoms with Gasteiger partial charge >= 0.3 is 0 Å². The fraction of sp³-hybridized carbons (Fsp3) is 0.297. The van der Waals surface area contributed by atoms with E-state index in [1.54, 1.807) is 24.3 Å². The lowest BCUT2D eigenvalue weighted by Crippen LogP contribution is -2.53. The van der Waals surface area contributed by atoms with E-state index in [-0.39, 0.29) is 41.3 Å². The van der Waals surface area contributed by atoms with Crippen molar-refractivity contribution < 1.29 is 33.5 Å². The second kappa shape index (κ2) is 13.5. The zero-order valence-corrected chi connectivity index (χ0v) is 29.0. The number of nitro benzene ring substituents is 1. The van der Waals surface area contributed by atoms with Gasteiger partial charge in [-0.05, 0) is 60.9 Å². The molecule has 2 amide bonds. The molecule has 3 aliphatic rings. The number of anilines is 2. The number of aliphatic hydroxyl groups is 1. The number of nitro groups is 1. The molecule has 0 saturated carbocycles. The molecule has 1 unspecified atom stereocenters. The summed E-state index contributed by atoms with van der Waals surface area (Å²) in [7, 11) is 1.26. The predicted molar refractivity (Wildman–Crippen MR) is 188 cm³/mol. The quantitative estimate of drug-likeness (QED) is 0.107. The molecule has 0 radical (unpaired) electrons. The molecule has 1 spiro atoms. The molecular formula is C37H33Cl2FN4O7. The standard InChI is InChI=1S/C37H33Cl2FN4O7/c1-3-51-23-7-4-6-20(16-23)19-43-29-14-15-42(28-13-10-21(35(46)50-2)17-30(28)44(48)49)34(45)31(29)32(24-8-5-9-26(39)33(24)40)37(43)25-12-11-22(38)18-27(25)41-36(37)47/h4-13,16-18,29,31-32,35,46H,3,14-15,19H2,1-2H3,(H,41,47)/t29-,31+,32-,35?,37+/m0/s1. The van der Waals surface area contributed by atoms with Crippen LogP contribution in [0.15, 0.2) is 78.9 Å². The van der Waals surface area contributed by atoms with Gasteiger partial charge in [0, 0.05) is 60.1 Å². The number of benzene rings is 4. The Morgan fingerprint density at radius 2 is 1.88 bits per heavy atom. The van der Waals surface area contributed by atoms with Crippen molar-refractivity contribution in [3.8, 4) is 5.75 Å². The second-order valence-electron chi connectivity index (χ2n) is 12.7. The topological polar surface area (TPSA) is 134 Å². The molecule has 51 heavy (non-hydrogen) atoms. The lowest BCUT2D eigenvalue weighted by molar-refractivity contribution is -0.384. The normalized spacial score (nSPS) is 23.3. The average molecular weight is 736 g/mol. The van der Waals surface area contributed by atoms with E-state index in [1.807, 2.05) is 36.1 Å². The number of carbonyl (C=O) groups excluding carboxylic acids is 2. The maximum absolute atomic E-state index is 16.4. The maximum atomic E-state index is 16.4. The summed E-state index contributed by atoms with van der Waals surface area (Å²) in [4.78, 5) is 44.8. The van der Waals surface area contributed by atoms with Crippen LogP contribution in [-0.2, 0) is 26.4 Å². The van der Waals surface area contributed by atoms with Gasteiger partial charge in [-0.1, -0.05) is 59.6 Å². The zero-order valence-electron chi connectivity index (χ0n) is 27.5. The molecule has 264 valence electrons. The number of methoxy groups -OCH3 is 1. The van der Waals surface area contributed by atoms with Crippen LogP contribution < -0.4 is 15.0 Å². The Hall–Kier alpha value is -4.59. The van der Waals surface area contributed by atoms with Crippen molar-refractivity contribution in [2.45, 2.75) is 43.7 Å². The van der Waals surface area contributed by atoms with Gasteiger partial charge in [0.2, 0.25) is 11.8 Å². The Bertz CT molecular complexity index is 2070. The summed E-state index contributed by atoms with van der Waals surface area (Å²) in [6.45, 7) is 2.54. The van der Waals surface area contributed by atoms with E-state index in [0.717, 1.165) is 11.6 Å². The van der Waals surface area contributed by atoms with Crippen molar-refractivity contribution in [2.24, 2.45) is 5.92 Å². The van der Waals surface area contributed by atoms with E-state index < -0.39 is 57.9 Å². The molecule has 7 rings (SSSR count). The third-order valence-electron chi connectivity index (χ3n) is 10.1. The van der Waals surface area contributed by atoms with Crippen LogP contribution in [0.1, 0.15) is 47.8 Å². The van der Waals surface area contributed by atoms with Crippen molar-refractivity contribution in [3.63, 3.8) is 0 Å². The van der Waals surface area contributed by atoms with Crippen LogP contribution in [0.25, 0.3) is 0 Å². The summed E-state index contributed by atoms with van der Waals surface area (Å²) in [5.41, 5.74) is -0.126. The van der Waals surface area contributed by atoms with Crippen LogP contribution in [0.2, 0.25) is 10.0 Å². The summed E-state index contributed by atoms with van der Waals surface area (Å²) in [5, 5.41) is 25.8. The molecule has 3 aliphatic heterocycles. The van der Waals surface area contributed by atoms with Gasteiger partial charge in [0.25, 0.3) is 5.69 Å². The van der Waals surface area contributed by atoms with Gasteiger partial charge in [-0.15, -0.1) is 0 Å². The number of hydrogen-bond donors (Lipinski definition) is 2. The average Bonchev–Trinajstić information content (AvgIpc) is 3.56. The summed E-state index contributed by atoms with van der Waals surface area (Å²) in [6.07, 6.45) is -1.15. The van der Waals surface area contributed by atoms with Crippen molar-refractivity contribution in [1.82, 2.24) is 4.90 Å². The summed E-state index contributed by atoms with van der Waals surface area (Å²) >= 11 is 12.8. The highest BCUT2D eigenvalue weighted by Gasteiger charge is 2.69. The summed E-state index contributed by atoms with van der Waals surface area (Å²) in [5.74, 6) is -3.35. The summed E-state index contributed by atoms with van der Waals surface area (Å²) < 4.78 is 27.1. The first-order chi connectivity index (χ1) is 24.5. The molecule has 0 bridgehead atoms. The van der Waals surface area contributed by atoms with E-state index in [4.69, 9.17) is 32.7 Å². The van der Waals surface area contributed by atoms with Crippen molar-refractivity contribution in [1.29, 1.82) is 0 Å². The number of piperidine rings is 1. The van der Waals surface area contributed by atoms with E-state index in [1.165, 1.54) is 36.3 Å². The van der Waals surface area contributed by atoms with Gasteiger partial charge in [-0.3, -0.25) is 24.6 Å².